The molecule has 2 rings (SSSR count). The van der Waals surface area contributed by atoms with E-state index in [1.807, 2.05) is 32.9 Å². The maximum Gasteiger partial charge on any atom is 0.191 e. The number of aliphatic imine (C=N–C) groups is 1. The molecular weight excluding hydrogens is 378 g/mol. The number of aromatic nitrogens is 2. The molecule has 0 spiro atoms. The summed E-state index contributed by atoms with van der Waals surface area (Å²) in [5, 5.41) is 11.4. The number of guanidine groups is 1. The zero-order valence-corrected chi connectivity index (χ0v) is 19.5. The largest absolute Gasteiger partial charge is 0.490 e. The van der Waals surface area contributed by atoms with Crippen LogP contribution in [0.1, 0.15) is 50.7 Å². The van der Waals surface area contributed by atoms with Gasteiger partial charge in [0.2, 0.25) is 0 Å². The number of benzene rings is 1. The maximum absolute atomic E-state index is 5.75. The molecule has 0 amide bonds. The van der Waals surface area contributed by atoms with E-state index in [1.54, 1.807) is 7.05 Å². The highest BCUT2D eigenvalue weighted by molar-refractivity contribution is 5.80. The van der Waals surface area contributed by atoms with Gasteiger partial charge in [0.25, 0.3) is 0 Å². The Labute approximate surface area is 180 Å². The van der Waals surface area contributed by atoms with Gasteiger partial charge in [-0.2, -0.15) is 5.10 Å². The Morgan fingerprint density at radius 2 is 1.80 bits per heavy atom. The second-order valence-corrected chi connectivity index (χ2v) is 7.61. The van der Waals surface area contributed by atoms with Gasteiger partial charge in [-0.1, -0.05) is 13.0 Å². The molecule has 0 aliphatic heterocycles. The van der Waals surface area contributed by atoms with E-state index in [4.69, 9.17) is 9.47 Å². The second-order valence-electron chi connectivity index (χ2n) is 7.61. The van der Waals surface area contributed by atoms with Crippen molar-refractivity contribution in [2.75, 3.05) is 26.8 Å². The molecule has 0 radical (unpaired) electrons. The van der Waals surface area contributed by atoms with E-state index >= 15 is 0 Å². The van der Waals surface area contributed by atoms with Crippen LogP contribution in [0.3, 0.4) is 0 Å². The molecule has 0 saturated carbocycles. The molecule has 1 aromatic heterocycles. The standard InChI is InChI=1S/C23H37N5O2/c1-8-29-21-11-10-20(13-22(21)30-9-2)19(6)26-23(24-7)25-14-16(3)15-28-18(5)12-17(4)27-28/h10-13,16,19H,8-9,14-15H2,1-7H3,(H2,24,25,26). The quantitative estimate of drug-likeness (QED) is 0.455. The van der Waals surface area contributed by atoms with Crippen LogP contribution in [0.2, 0.25) is 0 Å². The monoisotopic (exact) mass is 415 g/mol. The molecule has 30 heavy (non-hydrogen) atoms. The highest BCUT2D eigenvalue weighted by atomic mass is 16.5. The number of aryl methyl sites for hydroxylation is 2. The predicted octanol–water partition coefficient (Wildman–Crippen LogP) is 3.86. The Morgan fingerprint density at radius 1 is 1.10 bits per heavy atom. The molecule has 0 saturated heterocycles. The van der Waals surface area contributed by atoms with Crippen molar-refractivity contribution in [2.24, 2.45) is 10.9 Å². The van der Waals surface area contributed by atoms with Crippen LogP contribution < -0.4 is 20.1 Å². The summed E-state index contributed by atoms with van der Waals surface area (Å²) in [5.74, 6) is 2.73. The van der Waals surface area contributed by atoms with Crippen LogP contribution in [0.4, 0.5) is 0 Å². The van der Waals surface area contributed by atoms with Gasteiger partial charge < -0.3 is 20.1 Å². The van der Waals surface area contributed by atoms with E-state index in [2.05, 4.69) is 58.3 Å². The fourth-order valence-corrected chi connectivity index (χ4v) is 3.31. The summed E-state index contributed by atoms with van der Waals surface area (Å²) in [6.07, 6.45) is 0. The first-order valence-corrected chi connectivity index (χ1v) is 10.8. The lowest BCUT2D eigenvalue weighted by atomic mass is 10.1. The molecule has 0 bridgehead atoms. The Morgan fingerprint density at radius 3 is 2.40 bits per heavy atom. The highest BCUT2D eigenvalue weighted by Gasteiger charge is 2.13. The zero-order chi connectivity index (χ0) is 22.1. The number of nitrogens with zero attached hydrogens (tertiary/aromatic N) is 3. The zero-order valence-electron chi connectivity index (χ0n) is 19.5. The summed E-state index contributed by atoms with van der Waals surface area (Å²) in [7, 11) is 1.79. The van der Waals surface area contributed by atoms with Crippen molar-refractivity contribution in [3.05, 3.63) is 41.2 Å². The van der Waals surface area contributed by atoms with Crippen molar-refractivity contribution < 1.29 is 9.47 Å². The first-order valence-electron chi connectivity index (χ1n) is 10.8. The summed E-state index contributed by atoms with van der Waals surface area (Å²) < 4.78 is 13.5. The Balaban J connectivity index is 1.94. The summed E-state index contributed by atoms with van der Waals surface area (Å²) >= 11 is 0. The minimum atomic E-state index is 0.0670. The van der Waals surface area contributed by atoms with Gasteiger partial charge in [-0.25, -0.2) is 0 Å². The van der Waals surface area contributed by atoms with Crippen molar-refractivity contribution in [3.63, 3.8) is 0 Å². The number of nitrogens with one attached hydrogen (secondary N) is 2. The molecule has 2 atom stereocenters. The summed E-state index contributed by atoms with van der Waals surface area (Å²) in [5.41, 5.74) is 3.36. The van der Waals surface area contributed by atoms with Crippen LogP contribution in [0.5, 0.6) is 11.5 Å². The van der Waals surface area contributed by atoms with Crippen molar-refractivity contribution in [3.8, 4) is 11.5 Å². The molecule has 0 aliphatic rings. The smallest absolute Gasteiger partial charge is 0.191 e. The third-order valence-corrected chi connectivity index (χ3v) is 4.85. The lowest BCUT2D eigenvalue weighted by Gasteiger charge is -2.21. The number of rotatable bonds is 10. The predicted molar refractivity (Wildman–Crippen MR) is 123 cm³/mol. The third kappa shape index (κ3) is 6.68. The van der Waals surface area contributed by atoms with Gasteiger partial charge in [0, 0.05) is 25.8 Å². The normalized spacial score (nSPS) is 13.6. The number of hydrogen-bond donors (Lipinski definition) is 2. The van der Waals surface area contributed by atoms with Gasteiger partial charge >= 0.3 is 0 Å². The Bertz CT molecular complexity index is 831. The van der Waals surface area contributed by atoms with Crippen molar-refractivity contribution >= 4 is 5.96 Å². The molecule has 7 heteroatoms. The highest BCUT2D eigenvalue weighted by Crippen LogP contribution is 2.30. The van der Waals surface area contributed by atoms with Crippen molar-refractivity contribution in [1.82, 2.24) is 20.4 Å². The number of ether oxygens (including phenoxy) is 2. The van der Waals surface area contributed by atoms with Crippen LogP contribution in [0.25, 0.3) is 0 Å². The van der Waals surface area contributed by atoms with Gasteiger partial charge in [0.1, 0.15) is 0 Å². The van der Waals surface area contributed by atoms with E-state index < -0.39 is 0 Å². The van der Waals surface area contributed by atoms with Crippen LogP contribution in [0.15, 0.2) is 29.3 Å². The first kappa shape index (κ1) is 23.6. The van der Waals surface area contributed by atoms with E-state index in [1.165, 1.54) is 5.69 Å². The molecular formula is C23H37N5O2. The van der Waals surface area contributed by atoms with E-state index in [-0.39, 0.29) is 6.04 Å². The minimum Gasteiger partial charge on any atom is -0.490 e. The summed E-state index contributed by atoms with van der Waals surface area (Å²) in [6.45, 7) is 15.3. The Hall–Kier alpha value is -2.70. The van der Waals surface area contributed by atoms with Crippen molar-refractivity contribution in [1.29, 1.82) is 0 Å². The molecule has 2 N–H and O–H groups in total. The van der Waals surface area contributed by atoms with Crippen LogP contribution in [-0.2, 0) is 6.54 Å². The Kier molecular flexibility index (Phi) is 9.02. The van der Waals surface area contributed by atoms with Gasteiger partial charge in [0.05, 0.1) is 24.9 Å². The average molecular weight is 416 g/mol. The van der Waals surface area contributed by atoms with Crippen LogP contribution in [0, 0.1) is 19.8 Å². The molecule has 1 heterocycles. The SMILES string of the molecule is CCOc1ccc(C(C)NC(=NC)NCC(C)Cn2nc(C)cc2C)cc1OCC. The van der Waals surface area contributed by atoms with Crippen LogP contribution >= 0.6 is 0 Å². The fourth-order valence-electron chi connectivity index (χ4n) is 3.31. The van der Waals surface area contributed by atoms with Gasteiger partial charge in [0.15, 0.2) is 17.5 Å². The molecule has 0 fully saturated rings. The van der Waals surface area contributed by atoms with Crippen molar-refractivity contribution in [2.45, 2.75) is 54.1 Å². The fraction of sp³-hybridized carbons (Fsp3) is 0.565. The summed E-state index contributed by atoms with van der Waals surface area (Å²) in [4.78, 5) is 4.38. The van der Waals surface area contributed by atoms with E-state index in [0.29, 0.717) is 19.1 Å². The lowest BCUT2D eigenvalue weighted by molar-refractivity contribution is 0.287. The van der Waals surface area contributed by atoms with E-state index in [9.17, 15) is 0 Å². The second kappa shape index (κ2) is 11.5. The lowest BCUT2D eigenvalue weighted by Crippen LogP contribution is -2.41. The first-order chi connectivity index (χ1) is 14.4. The molecule has 2 aromatic rings. The van der Waals surface area contributed by atoms with Crippen LogP contribution in [-0.4, -0.2) is 42.5 Å². The van der Waals surface area contributed by atoms with Gasteiger partial charge in [-0.15, -0.1) is 0 Å². The van der Waals surface area contributed by atoms with Gasteiger partial charge in [-0.3, -0.25) is 9.67 Å². The average Bonchev–Trinajstić information content (AvgIpc) is 3.03. The molecule has 7 nitrogen and oxygen atoms in total. The van der Waals surface area contributed by atoms with E-state index in [0.717, 1.165) is 41.8 Å². The number of hydrogen-bond acceptors (Lipinski definition) is 4. The topological polar surface area (TPSA) is 72.7 Å². The molecule has 166 valence electrons. The summed E-state index contributed by atoms with van der Waals surface area (Å²) in [6, 6.07) is 8.23. The molecule has 0 aliphatic carbocycles. The molecule has 2 unspecified atom stereocenters. The van der Waals surface area contributed by atoms with Gasteiger partial charge in [-0.05, 0) is 64.3 Å². The molecule has 1 aromatic carbocycles. The third-order valence-electron chi connectivity index (χ3n) is 4.85. The maximum atomic E-state index is 5.75. The minimum absolute atomic E-state index is 0.0670.